The van der Waals surface area contributed by atoms with Crippen molar-refractivity contribution in [2.24, 2.45) is 0 Å². The molecule has 0 aliphatic rings. The van der Waals surface area contributed by atoms with Crippen LogP contribution in [-0.4, -0.2) is 23.0 Å². The number of carbonyl (C=O) groups excluding carboxylic acids is 1. The van der Waals surface area contributed by atoms with Crippen molar-refractivity contribution in [2.75, 3.05) is 17.7 Å². The van der Waals surface area contributed by atoms with Crippen LogP contribution in [0.4, 0.5) is 17.2 Å². The third kappa shape index (κ3) is 4.87. The van der Waals surface area contributed by atoms with Crippen molar-refractivity contribution < 1.29 is 9.53 Å². The maximum Gasteiger partial charge on any atom is 0.255 e. The van der Waals surface area contributed by atoms with Gasteiger partial charge in [-0.1, -0.05) is 35.9 Å². The van der Waals surface area contributed by atoms with Crippen LogP contribution in [0.2, 0.25) is 0 Å². The Morgan fingerprint density at radius 3 is 2.48 bits per heavy atom. The zero-order valence-corrected chi connectivity index (χ0v) is 17.3. The van der Waals surface area contributed by atoms with E-state index in [1.165, 1.54) is 11.9 Å². The number of anilines is 3. The van der Waals surface area contributed by atoms with Crippen LogP contribution in [0.3, 0.4) is 0 Å². The van der Waals surface area contributed by atoms with Gasteiger partial charge in [0.2, 0.25) is 0 Å². The standard InChI is InChI=1S/C25H22N4O2/c1-17-6-5-7-19(14-17)22-15-24(27-16-26-22)28-20-12-10-18(11-13-20)25(30)29-21-8-3-4-9-23(21)31-2/h3-16H,1-2H3,(H,29,30)(H,26,27,28). The number of benzene rings is 3. The molecule has 0 unspecified atom stereocenters. The average Bonchev–Trinajstić information content (AvgIpc) is 2.80. The van der Waals surface area contributed by atoms with Crippen molar-refractivity contribution in [1.29, 1.82) is 0 Å². The molecule has 0 atom stereocenters. The molecular formula is C25H22N4O2. The van der Waals surface area contributed by atoms with Crippen LogP contribution >= 0.6 is 0 Å². The molecular weight excluding hydrogens is 388 g/mol. The van der Waals surface area contributed by atoms with Crippen molar-refractivity contribution in [3.05, 3.63) is 96.3 Å². The molecule has 31 heavy (non-hydrogen) atoms. The molecule has 4 rings (SSSR count). The fraction of sp³-hybridized carbons (Fsp3) is 0.0800. The molecule has 0 saturated carbocycles. The van der Waals surface area contributed by atoms with Gasteiger partial charge in [-0.05, 0) is 49.4 Å². The summed E-state index contributed by atoms with van der Waals surface area (Å²) in [6, 6.07) is 24.6. The first-order chi connectivity index (χ1) is 15.1. The summed E-state index contributed by atoms with van der Waals surface area (Å²) < 4.78 is 5.28. The lowest BCUT2D eigenvalue weighted by Crippen LogP contribution is -2.12. The van der Waals surface area contributed by atoms with Gasteiger partial charge < -0.3 is 15.4 Å². The highest BCUT2D eigenvalue weighted by atomic mass is 16.5. The summed E-state index contributed by atoms with van der Waals surface area (Å²) in [6.07, 6.45) is 1.54. The summed E-state index contributed by atoms with van der Waals surface area (Å²) in [5.74, 6) is 1.08. The summed E-state index contributed by atoms with van der Waals surface area (Å²) in [5, 5.41) is 6.13. The molecule has 0 fully saturated rings. The SMILES string of the molecule is COc1ccccc1NC(=O)c1ccc(Nc2cc(-c3cccc(C)c3)ncn2)cc1. The Bertz CT molecular complexity index is 1210. The maximum atomic E-state index is 12.6. The van der Waals surface area contributed by atoms with E-state index >= 15 is 0 Å². The molecule has 1 aromatic heterocycles. The molecule has 1 amide bonds. The highest BCUT2D eigenvalue weighted by Crippen LogP contribution is 2.25. The molecule has 6 heteroatoms. The van der Waals surface area contributed by atoms with E-state index in [9.17, 15) is 4.79 Å². The predicted octanol–water partition coefficient (Wildman–Crippen LogP) is 5.46. The maximum absolute atomic E-state index is 12.6. The summed E-state index contributed by atoms with van der Waals surface area (Å²) >= 11 is 0. The predicted molar refractivity (Wildman–Crippen MR) is 123 cm³/mol. The second-order valence-electron chi connectivity index (χ2n) is 7.01. The Kier molecular flexibility index (Phi) is 5.89. The zero-order chi connectivity index (χ0) is 21.6. The summed E-state index contributed by atoms with van der Waals surface area (Å²) in [6.45, 7) is 2.05. The van der Waals surface area contributed by atoms with Gasteiger partial charge in [-0.2, -0.15) is 0 Å². The topological polar surface area (TPSA) is 76.1 Å². The van der Waals surface area contributed by atoms with Gasteiger partial charge in [-0.3, -0.25) is 4.79 Å². The summed E-state index contributed by atoms with van der Waals surface area (Å²) in [4.78, 5) is 21.2. The van der Waals surface area contributed by atoms with Crippen LogP contribution in [0.1, 0.15) is 15.9 Å². The Morgan fingerprint density at radius 1 is 0.903 bits per heavy atom. The molecule has 4 aromatic rings. The third-order valence-corrected chi connectivity index (χ3v) is 4.76. The second-order valence-corrected chi connectivity index (χ2v) is 7.01. The van der Waals surface area contributed by atoms with Crippen molar-refractivity contribution in [2.45, 2.75) is 6.92 Å². The van der Waals surface area contributed by atoms with Crippen molar-refractivity contribution in [1.82, 2.24) is 9.97 Å². The van der Waals surface area contributed by atoms with Crippen LogP contribution in [0.25, 0.3) is 11.3 Å². The first-order valence-electron chi connectivity index (χ1n) is 9.83. The van der Waals surface area contributed by atoms with Crippen molar-refractivity contribution in [3.63, 3.8) is 0 Å². The molecule has 0 spiro atoms. The second kappa shape index (κ2) is 9.09. The molecule has 0 aliphatic carbocycles. The van der Waals surface area contributed by atoms with Gasteiger partial charge in [0.05, 0.1) is 18.5 Å². The van der Waals surface area contributed by atoms with Gasteiger partial charge in [0, 0.05) is 22.9 Å². The van der Waals surface area contributed by atoms with E-state index in [1.54, 1.807) is 31.4 Å². The van der Waals surface area contributed by atoms with E-state index in [0.29, 0.717) is 22.8 Å². The number of aryl methyl sites for hydroxylation is 1. The molecule has 0 saturated heterocycles. The Morgan fingerprint density at radius 2 is 1.71 bits per heavy atom. The number of hydrogen-bond acceptors (Lipinski definition) is 5. The first kappa shape index (κ1) is 20.1. The number of hydrogen-bond donors (Lipinski definition) is 2. The van der Waals surface area contributed by atoms with Crippen LogP contribution < -0.4 is 15.4 Å². The molecule has 2 N–H and O–H groups in total. The van der Waals surface area contributed by atoms with E-state index in [-0.39, 0.29) is 5.91 Å². The van der Waals surface area contributed by atoms with Gasteiger partial charge in [0.25, 0.3) is 5.91 Å². The fourth-order valence-corrected chi connectivity index (χ4v) is 3.18. The Labute approximate surface area is 181 Å². The lowest BCUT2D eigenvalue weighted by Gasteiger charge is -2.11. The summed E-state index contributed by atoms with van der Waals surface area (Å²) in [5.41, 5.74) is 5.04. The van der Waals surface area contributed by atoms with Gasteiger partial charge >= 0.3 is 0 Å². The smallest absolute Gasteiger partial charge is 0.255 e. The third-order valence-electron chi connectivity index (χ3n) is 4.76. The van der Waals surface area contributed by atoms with E-state index in [0.717, 1.165) is 16.9 Å². The van der Waals surface area contributed by atoms with Gasteiger partial charge in [-0.15, -0.1) is 0 Å². The number of para-hydroxylation sites is 2. The number of aromatic nitrogens is 2. The normalized spacial score (nSPS) is 10.4. The largest absolute Gasteiger partial charge is 0.495 e. The molecule has 154 valence electrons. The number of amides is 1. The monoisotopic (exact) mass is 410 g/mol. The van der Waals surface area contributed by atoms with Crippen molar-refractivity contribution >= 4 is 23.1 Å². The molecule has 0 radical (unpaired) electrons. The van der Waals surface area contributed by atoms with E-state index in [1.807, 2.05) is 42.5 Å². The van der Waals surface area contributed by atoms with E-state index < -0.39 is 0 Å². The first-order valence-corrected chi connectivity index (χ1v) is 9.83. The number of nitrogens with zero attached hydrogens (tertiary/aromatic N) is 2. The van der Waals surface area contributed by atoms with Crippen molar-refractivity contribution in [3.8, 4) is 17.0 Å². The molecule has 0 bridgehead atoms. The van der Waals surface area contributed by atoms with Gasteiger partial charge in [0.1, 0.15) is 17.9 Å². The Hall–Kier alpha value is -4.19. The molecule has 6 nitrogen and oxygen atoms in total. The molecule has 1 heterocycles. The average molecular weight is 410 g/mol. The molecule has 3 aromatic carbocycles. The lowest BCUT2D eigenvalue weighted by molar-refractivity contribution is 0.102. The minimum atomic E-state index is -0.209. The van der Waals surface area contributed by atoms with E-state index in [4.69, 9.17) is 4.74 Å². The number of methoxy groups -OCH3 is 1. The number of rotatable bonds is 6. The zero-order valence-electron chi connectivity index (χ0n) is 17.3. The number of nitrogens with one attached hydrogen (secondary N) is 2. The Balaban J connectivity index is 1.46. The van der Waals surface area contributed by atoms with Gasteiger partial charge in [0.15, 0.2) is 0 Å². The summed E-state index contributed by atoms with van der Waals surface area (Å²) in [7, 11) is 1.57. The molecule has 0 aliphatic heterocycles. The van der Waals surface area contributed by atoms with E-state index in [2.05, 4.69) is 39.7 Å². The number of carbonyl (C=O) groups is 1. The quantitative estimate of drug-likeness (QED) is 0.442. The van der Waals surface area contributed by atoms with Crippen LogP contribution in [0.15, 0.2) is 85.2 Å². The fourth-order valence-electron chi connectivity index (χ4n) is 3.18. The van der Waals surface area contributed by atoms with Gasteiger partial charge in [-0.25, -0.2) is 9.97 Å². The lowest BCUT2D eigenvalue weighted by atomic mass is 10.1. The van der Waals surface area contributed by atoms with Crippen LogP contribution in [0, 0.1) is 6.92 Å². The minimum Gasteiger partial charge on any atom is -0.495 e. The highest BCUT2D eigenvalue weighted by molar-refractivity contribution is 6.05. The number of ether oxygens (including phenoxy) is 1. The highest BCUT2D eigenvalue weighted by Gasteiger charge is 2.10. The van der Waals surface area contributed by atoms with Crippen LogP contribution in [0.5, 0.6) is 5.75 Å². The minimum absolute atomic E-state index is 0.209. The van der Waals surface area contributed by atoms with Crippen LogP contribution in [-0.2, 0) is 0 Å².